The molecule has 0 radical (unpaired) electrons. The number of rotatable bonds is 6. The summed E-state index contributed by atoms with van der Waals surface area (Å²) in [6.45, 7) is 6.64. The summed E-state index contributed by atoms with van der Waals surface area (Å²) in [4.78, 5) is 9.96. The van der Waals surface area contributed by atoms with Crippen molar-refractivity contribution in [3.8, 4) is 16.9 Å². The van der Waals surface area contributed by atoms with Gasteiger partial charge in [0.25, 0.3) is 0 Å². The zero-order chi connectivity index (χ0) is 33.8. The third-order valence-electron chi connectivity index (χ3n) is 9.89. The standard InChI is InChI=1S/C45H34N4O.Pt/c1-31-14-7-8-19-37(31)32-26-27-46-44(28-32)47-40-21-10-9-20-38(40)39-25-24-34(30-43(39)47)45(2,3)33-15-13-18-36(29-33)49-42-23-12-11-22-41(42)48(50-49)35-16-5-4-6-17-35;/h4-28H,1-3H3;/q-2;/p+1. The van der Waals surface area contributed by atoms with E-state index in [1.807, 2.05) is 34.5 Å². The Labute approximate surface area is 312 Å². The Balaban J connectivity index is 0.00000374. The van der Waals surface area contributed by atoms with E-state index in [0.717, 1.165) is 61.7 Å². The zero-order valence-electron chi connectivity index (χ0n) is 28.5. The van der Waals surface area contributed by atoms with Gasteiger partial charge in [-0.3, -0.25) is 0 Å². The maximum atomic E-state index is 5.05. The smallest absolute Gasteiger partial charge is 0.148 e. The van der Waals surface area contributed by atoms with E-state index in [1.165, 1.54) is 16.5 Å². The van der Waals surface area contributed by atoms with Crippen molar-refractivity contribution in [1.29, 1.82) is 0 Å². The molecule has 1 aliphatic rings. The summed E-state index contributed by atoms with van der Waals surface area (Å²) in [5.41, 5.74) is 11.3. The minimum atomic E-state index is -0.416. The molecular weight excluding hydrogens is 808 g/mol. The van der Waals surface area contributed by atoms with Gasteiger partial charge in [-0.25, -0.2) is 4.98 Å². The predicted octanol–water partition coefficient (Wildman–Crippen LogP) is 11.2. The second kappa shape index (κ2) is 13.0. The van der Waals surface area contributed by atoms with Crippen molar-refractivity contribution in [2.24, 2.45) is 0 Å². The number of hydrogen-bond acceptors (Lipinski definition) is 3. The van der Waals surface area contributed by atoms with Crippen molar-refractivity contribution >= 4 is 44.6 Å². The Kier molecular flexibility index (Phi) is 8.34. The van der Waals surface area contributed by atoms with Crippen LogP contribution in [0.2, 0.25) is 0 Å². The molecule has 9 rings (SSSR count). The van der Waals surface area contributed by atoms with Crippen LogP contribution in [0.3, 0.4) is 0 Å². The molecule has 5 nitrogen and oxygen atoms in total. The molecule has 1 aliphatic heterocycles. The Morgan fingerprint density at radius 2 is 1.33 bits per heavy atom. The first kappa shape index (κ1) is 32.7. The maximum absolute atomic E-state index is 5.05. The molecule has 0 atom stereocenters. The Morgan fingerprint density at radius 3 is 2.16 bits per heavy atom. The molecule has 0 saturated heterocycles. The summed E-state index contributed by atoms with van der Waals surface area (Å²) in [7, 11) is 0. The van der Waals surface area contributed by atoms with Crippen LogP contribution >= 0.6 is 0 Å². The van der Waals surface area contributed by atoms with Gasteiger partial charge in [0.2, 0.25) is 0 Å². The van der Waals surface area contributed by atoms with E-state index in [0.29, 0.717) is 0 Å². The zero-order valence-corrected chi connectivity index (χ0v) is 30.8. The van der Waals surface area contributed by atoms with E-state index in [2.05, 4.69) is 165 Å². The van der Waals surface area contributed by atoms with Gasteiger partial charge in [0, 0.05) is 38.5 Å². The number of fused-ring (bicyclic) bond motifs is 4. The topological polar surface area (TPSA) is 37.1 Å². The van der Waals surface area contributed by atoms with Gasteiger partial charge in [-0.2, -0.15) is 46.4 Å². The van der Waals surface area contributed by atoms with Crippen LogP contribution in [0, 0.1) is 19.1 Å². The molecule has 0 bridgehead atoms. The Hall–Kier alpha value is -5.48. The number of pyridine rings is 1. The molecule has 8 aromatic rings. The fourth-order valence-corrected chi connectivity index (χ4v) is 7.14. The van der Waals surface area contributed by atoms with Crippen molar-refractivity contribution in [3.05, 3.63) is 181 Å². The monoisotopic (exact) mass is 842 g/mol. The van der Waals surface area contributed by atoms with Crippen LogP contribution in [0.4, 0.5) is 22.7 Å². The molecule has 0 fully saturated rings. The van der Waals surface area contributed by atoms with E-state index >= 15 is 0 Å². The summed E-state index contributed by atoms with van der Waals surface area (Å²) in [6, 6.07) is 58.3. The molecule has 0 amide bonds. The number of aromatic nitrogens is 2. The van der Waals surface area contributed by atoms with Gasteiger partial charge in [-0.15, -0.1) is 22.6 Å². The van der Waals surface area contributed by atoms with E-state index in [1.54, 1.807) is 0 Å². The first-order chi connectivity index (χ1) is 24.5. The molecule has 6 heteroatoms. The Morgan fingerprint density at radius 1 is 0.627 bits per heavy atom. The molecule has 2 aromatic heterocycles. The first-order valence-electron chi connectivity index (χ1n) is 16.9. The third kappa shape index (κ3) is 5.54. The molecule has 0 spiro atoms. The maximum Gasteiger partial charge on any atom is 0.148 e. The minimum Gasteiger partial charge on any atom is -0.319 e. The van der Waals surface area contributed by atoms with Crippen LogP contribution in [0.1, 0.15) is 30.5 Å². The predicted molar refractivity (Wildman–Crippen MR) is 204 cm³/mol. The van der Waals surface area contributed by atoms with Crippen LogP contribution in [0.5, 0.6) is 0 Å². The van der Waals surface area contributed by atoms with Crippen molar-refractivity contribution in [2.75, 3.05) is 10.1 Å². The van der Waals surface area contributed by atoms with Crippen molar-refractivity contribution in [1.82, 2.24) is 9.55 Å². The van der Waals surface area contributed by atoms with Gasteiger partial charge in [0.15, 0.2) is 0 Å². The fraction of sp³-hybridized carbons (Fsp3) is 0.0889. The number of aryl methyl sites for hydroxylation is 1. The molecule has 0 saturated carbocycles. The second-order valence-electron chi connectivity index (χ2n) is 13.3. The number of hydrogen-bond donors (Lipinski definition) is 0. The number of benzene rings is 6. The second-order valence-corrected chi connectivity index (χ2v) is 13.3. The Bertz CT molecular complexity index is 2540. The number of para-hydroxylation sites is 4. The number of nitrogens with zero attached hydrogens (tertiary/aromatic N) is 4. The van der Waals surface area contributed by atoms with Crippen molar-refractivity contribution in [3.63, 3.8) is 0 Å². The molecule has 3 heterocycles. The summed E-state index contributed by atoms with van der Waals surface area (Å²) >= 11 is 0. The van der Waals surface area contributed by atoms with Crippen molar-refractivity contribution < 1.29 is 26.0 Å². The number of anilines is 4. The fourth-order valence-electron chi connectivity index (χ4n) is 7.14. The van der Waals surface area contributed by atoms with Crippen LogP contribution in [-0.4, -0.2) is 14.5 Å². The molecule has 51 heavy (non-hydrogen) atoms. The summed E-state index contributed by atoms with van der Waals surface area (Å²) < 4.78 is 2.25. The molecule has 0 unspecified atom stereocenters. The van der Waals surface area contributed by atoms with Crippen LogP contribution in [0.15, 0.2) is 152 Å². The van der Waals surface area contributed by atoms with Gasteiger partial charge in [-0.05, 0) is 76.9 Å². The van der Waals surface area contributed by atoms with Crippen molar-refractivity contribution in [2.45, 2.75) is 26.2 Å². The average Bonchev–Trinajstić information content (AvgIpc) is 3.72. The quantitative estimate of drug-likeness (QED) is 0.124. The van der Waals surface area contributed by atoms with Gasteiger partial charge >= 0.3 is 0 Å². The van der Waals surface area contributed by atoms with E-state index < -0.39 is 5.41 Å². The van der Waals surface area contributed by atoms with Crippen LogP contribution in [-0.2, 0) is 26.5 Å². The average molecular weight is 843 g/mol. The van der Waals surface area contributed by atoms with Crippen LogP contribution < -0.4 is 10.1 Å². The van der Waals surface area contributed by atoms with E-state index in [-0.39, 0.29) is 21.1 Å². The molecule has 0 aliphatic carbocycles. The first-order valence-corrected chi connectivity index (χ1v) is 16.9. The summed E-state index contributed by atoms with van der Waals surface area (Å²) in [6.07, 6.45) is 1.91. The largest absolute Gasteiger partial charge is 0.319 e. The SMILES string of the molecule is Cc1ccccc1-c1ccnc(-n2c3[c-]c(C(C)(C)c4[c-]c(N5[OH+]N(c6ccccc6)c6ccccc65)ccc4)ccc3c3ccccc32)c1.[Pt]. The molecular formula is C45H35N4OPt-. The third-order valence-corrected chi connectivity index (χ3v) is 9.89. The molecule has 6 aromatic carbocycles. The van der Waals surface area contributed by atoms with E-state index in [9.17, 15) is 0 Å². The minimum absolute atomic E-state index is 0. The van der Waals surface area contributed by atoms with Crippen LogP contribution in [0.25, 0.3) is 38.8 Å². The van der Waals surface area contributed by atoms with Gasteiger partial charge < -0.3 is 4.57 Å². The molecule has 1 N–H and O–H groups in total. The van der Waals surface area contributed by atoms with Gasteiger partial charge in [0.1, 0.15) is 22.9 Å². The normalized spacial score (nSPS) is 12.7. The van der Waals surface area contributed by atoms with Gasteiger partial charge in [0.05, 0.1) is 0 Å². The van der Waals surface area contributed by atoms with Gasteiger partial charge in [-0.1, -0.05) is 97.2 Å². The summed E-state index contributed by atoms with van der Waals surface area (Å²) in [5, 5.41) is 6.30. The summed E-state index contributed by atoms with van der Waals surface area (Å²) in [5.74, 6) is 0.869. The molecule has 252 valence electrons. The van der Waals surface area contributed by atoms with E-state index in [4.69, 9.17) is 9.92 Å².